The van der Waals surface area contributed by atoms with Crippen molar-refractivity contribution in [3.05, 3.63) is 83.9 Å². The fourth-order valence-corrected chi connectivity index (χ4v) is 5.19. The average molecular weight is 492 g/mol. The summed E-state index contributed by atoms with van der Waals surface area (Å²) in [4.78, 5) is 31.5. The van der Waals surface area contributed by atoms with Crippen LogP contribution in [0.25, 0.3) is 10.2 Å². The molecule has 0 aliphatic heterocycles. The first-order chi connectivity index (χ1) is 16.4. The summed E-state index contributed by atoms with van der Waals surface area (Å²) in [7, 11) is 3.90. The summed E-state index contributed by atoms with van der Waals surface area (Å²) < 4.78 is 7.55. The van der Waals surface area contributed by atoms with E-state index in [9.17, 15) is 9.59 Å². The van der Waals surface area contributed by atoms with Crippen LogP contribution in [0, 0.1) is 0 Å². The molecule has 174 valence electrons. The molecule has 0 saturated heterocycles. The van der Waals surface area contributed by atoms with Crippen molar-refractivity contribution in [1.29, 1.82) is 0 Å². The number of thiazole rings is 1. The van der Waals surface area contributed by atoms with Gasteiger partial charge in [0.2, 0.25) is 0 Å². The summed E-state index contributed by atoms with van der Waals surface area (Å²) in [5.41, 5.74) is 4.17. The summed E-state index contributed by atoms with van der Waals surface area (Å²) in [5.74, 6) is -0.161. The molecule has 0 fully saturated rings. The highest BCUT2D eigenvalue weighted by Crippen LogP contribution is 2.31. The standard InChI is InChI=1S/C26H25N3O3S2/c1-17(24(30)27-20-12-14-21(15-13-20)29(2)3)32-25(31)19-10-8-18(9-11-19)16-33-26-28-22-6-4-5-7-23(22)34-26/h4-15,17H,16H2,1-3H3,(H,27,30)/t17-/m0/s1. The molecule has 8 heteroatoms. The van der Waals surface area contributed by atoms with Crippen LogP contribution in [0.15, 0.2) is 77.1 Å². The number of rotatable bonds is 8. The molecule has 4 aromatic rings. The zero-order valence-electron chi connectivity index (χ0n) is 19.1. The quantitative estimate of drug-likeness (QED) is 0.247. The number of anilines is 2. The number of aromatic nitrogens is 1. The van der Waals surface area contributed by atoms with Crippen LogP contribution in [0.1, 0.15) is 22.8 Å². The molecular formula is C26H25N3O3S2. The van der Waals surface area contributed by atoms with E-state index in [1.807, 2.05) is 73.6 Å². The van der Waals surface area contributed by atoms with E-state index in [4.69, 9.17) is 4.74 Å². The Bertz CT molecular complexity index is 1250. The fraction of sp³-hybridized carbons (Fsp3) is 0.192. The van der Waals surface area contributed by atoms with Crippen molar-refractivity contribution in [2.45, 2.75) is 23.1 Å². The van der Waals surface area contributed by atoms with Crippen LogP contribution in [-0.2, 0) is 15.3 Å². The number of hydrogen-bond donors (Lipinski definition) is 1. The van der Waals surface area contributed by atoms with Gasteiger partial charge in [-0.05, 0) is 61.0 Å². The molecule has 0 spiro atoms. The summed E-state index contributed by atoms with van der Waals surface area (Å²) in [6.07, 6.45) is -0.921. The number of thioether (sulfide) groups is 1. The molecule has 4 rings (SSSR count). The average Bonchev–Trinajstić information content (AvgIpc) is 3.26. The van der Waals surface area contributed by atoms with Crippen LogP contribution in [0.5, 0.6) is 0 Å². The SMILES string of the molecule is C[C@H](OC(=O)c1ccc(CSc2nc3ccccc3s2)cc1)C(=O)Nc1ccc(N(C)C)cc1. The Morgan fingerprint density at radius 3 is 2.41 bits per heavy atom. The molecule has 0 bridgehead atoms. The summed E-state index contributed by atoms with van der Waals surface area (Å²) >= 11 is 3.34. The molecule has 1 amide bonds. The van der Waals surface area contributed by atoms with Crippen LogP contribution in [0.3, 0.4) is 0 Å². The Morgan fingerprint density at radius 1 is 1.03 bits per heavy atom. The van der Waals surface area contributed by atoms with Gasteiger partial charge in [0.15, 0.2) is 10.4 Å². The number of amides is 1. The number of nitrogens with zero attached hydrogens (tertiary/aromatic N) is 2. The first-order valence-electron chi connectivity index (χ1n) is 10.8. The molecule has 3 aromatic carbocycles. The molecule has 0 radical (unpaired) electrons. The van der Waals surface area contributed by atoms with Crippen LogP contribution >= 0.6 is 23.1 Å². The molecule has 1 N–H and O–H groups in total. The van der Waals surface area contributed by atoms with Crippen molar-refractivity contribution in [2.24, 2.45) is 0 Å². The van der Waals surface area contributed by atoms with Gasteiger partial charge in [-0.25, -0.2) is 9.78 Å². The third kappa shape index (κ3) is 5.95. The lowest BCUT2D eigenvalue weighted by Crippen LogP contribution is -2.30. The zero-order chi connectivity index (χ0) is 24.1. The van der Waals surface area contributed by atoms with Crippen LogP contribution in [0.4, 0.5) is 11.4 Å². The molecule has 0 aliphatic rings. The number of fused-ring (bicyclic) bond motifs is 1. The van der Waals surface area contributed by atoms with Gasteiger partial charge in [-0.2, -0.15) is 0 Å². The van der Waals surface area contributed by atoms with E-state index in [0.717, 1.165) is 26.9 Å². The molecule has 1 aromatic heterocycles. The second kappa shape index (κ2) is 10.7. The number of carbonyl (C=O) groups excluding carboxylic acids is 2. The number of esters is 1. The van der Waals surface area contributed by atoms with Gasteiger partial charge in [0.25, 0.3) is 5.91 Å². The Kier molecular flexibility index (Phi) is 7.49. The second-order valence-corrected chi connectivity index (χ2v) is 10.2. The van der Waals surface area contributed by atoms with Gasteiger partial charge < -0.3 is 15.0 Å². The maximum absolute atomic E-state index is 12.5. The Balaban J connectivity index is 1.28. The van der Waals surface area contributed by atoms with E-state index < -0.39 is 12.1 Å². The van der Waals surface area contributed by atoms with Crippen molar-refractivity contribution >= 4 is 56.6 Å². The number of ether oxygens (including phenoxy) is 1. The Hall–Kier alpha value is -3.36. The third-order valence-electron chi connectivity index (χ3n) is 5.13. The molecule has 1 atom stereocenters. The molecule has 1 heterocycles. The highest BCUT2D eigenvalue weighted by molar-refractivity contribution is 8.00. The number of hydrogen-bond acceptors (Lipinski definition) is 7. The van der Waals surface area contributed by atoms with E-state index >= 15 is 0 Å². The Morgan fingerprint density at radius 2 is 1.74 bits per heavy atom. The van der Waals surface area contributed by atoms with Gasteiger partial charge in [0, 0.05) is 31.2 Å². The number of carbonyl (C=O) groups is 2. The predicted molar refractivity (Wildman–Crippen MR) is 140 cm³/mol. The second-order valence-electron chi connectivity index (χ2n) is 7.91. The zero-order valence-corrected chi connectivity index (χ0v) is 20.8. The molecule has 0 saturated carbocycles. The summed E-state index contributed by atoms with van der Waals surface area (Å²) in [6, 6.07) is 22.8. The van der Waals surface area contributed by atoms with Crippen LogP contribution in [0.2, 0.25) is 0 Å². The lowest BCUT2D eigenvalue weighted by Gasteiger charge is -2.15. The van der Waals surface area contributed by atoms with E-state index in [1.54, 1.807) is 42.2 Å². The third-order valence-corrected chi connectivity index (χ3v) is 7.38. The maximum atomic E-state index is 12.5. The highest BCUT2D eigenvalue weighted by Gasteiger charge is 2.19. The summed E-state index contributed by atoms with van der Waals surface area (Å²) in [5, 5.41) is 2.77. The monoisotopic (exact) mass is 491 g/mol. The van der Waals surface area contributed by atoms with Gasteiger partial charge in [-0.3, -0.25) is 4.79 Å². The number of benzene rings is 3. The summed E-state index contributed by atoms with van der Waals surface area (Å²) in [6.45, 7) is 1.56. The highest BCUT2D eigenvalue weighted by atomic mass is 32.2. The first-order valence-corrected chi connectivity index (χ1v) is 12.6. The number of para-hydroxylation sites is 1. The van der Waals surface area contributed by atoms with Gasteiger partial charge >= 0.3 is 5.97 Å². The minimum Gasteiger partial charge on any atom is -0.449 e. The largest absolute Gasteiger partial charge is 0.449 e. The molecule has 34 heavy (non-hydrogen) atoms. The van der Waals surface area contributed by atoms with Gasteiger partial charge in [-0.15, -0.1) is 11.3 Å². The predicted octanol–water partition coefficient (Wildman–Crippen LogP) is 5.84. The van der Waals surface area contributed by atoms with Gasteiger partial charge in [0.05, 0.1) is 15.8 Å². The minimum atomic E-state index is -0.921. The van der Waals surface area contributed by atoms with Crippen molar-refractivity contribution in [2.75, 3.05) is 24.3 Å². The van der Waals surface area contributed by atoms with E-state index in [0.29, 0.717) is 11.3 Å². The van der Waals surface area contributed by atoms with Gasteiger partial charge in [-0.1, -0.05) is 36.0 Å². The molecule has 6 nitrogen and oxygen atoms in total. The van der Waals surface area contributed by atoms with E-state index in [1.165, 1.54) is 4.70 Å². The fourth-order valence-electron chi connectivity index (χ4n) is 3.16. The van der Waals surface area contributed by atoms with Crippen molar-refractivity contribution in [1.82, 2.24) is 4.98 Å². The molecule has 0 aliphatic carbocycles. The van der Waals surface area contributed by atoms with E-state index in [-0.39, 0.29) is 5.91 Å². The van der Waals surface area contributed by atoms with Crippen molar-refractivity contribution < 1.29 is 14.3 Å². The van der Waals surface area contributed by atoms with Crippen LogP contribution < -0.4 is 10.2 Å². The minimum absolute atomic E-state index is 0.380. The first kappa shape index (κ1) is 23.8. The van der Waals surface area contributed by atoms with Crippen LogP contribution in [-0.4, -0.2) is 37.1 Å². The Labute approximate surface area is 207 Å². The molecule has 0 unspecified atom stereocenters. The number of nitrogens with one attached hydrogen (secondary N) is 1. The maximum Gasteiger partial charge on any atom is 0.338 e. The van der Waals surface area contributed by atoms with Crippen molar-refractivity contribution in [3.8, 4) is 0 Å². The lowest BCUT2D eigenvalue weighted by molar-refractivity contribution is -0.123. The topological polar surface area (TPSA) is 71.5 Å². The molecular weight excluding hydrogens is 466 g/mol. The lowest BCUT2D eigenvalue weighted by atomic mass is 10.1. The van der Waals surface area contributed by atoms with Crippen molar-refractivity contribution in [3.63, 3.8) is 0 Å². The smallest absolute Gasteiger partial charge is 0.338 e. The normalized spacial score (nSPS) is 11.7. The van der Waals surface area contributed by atoms with E-state index in [2.05, 4.69) is 16.4 Å². The van der Waals surface area contributed by atoms with Gasteiger partial charge in [0.1, 0.15) is 0 Å².